The largest absolute Gasteiger partial charge is 0.301 e. The van der Waals surface area contributed by atoms with E-state index in [0.717, 1.165) is 13.1 Å². The maximum atomic E-state index is 4.44. The van der Waals surface area contributed by atoms with Gasteiger partial charge in [-0.2, -0.15) is 0 Å². The molecule has 2 nitrogen and oxygen atoms in total. The van der Waals surface area contributed by atoms with Crippen molar-refractivity contribution in [1.29, 1.82) is 0 Å². The van der Waals surface area contributed by atoms with Crippen LogP contribution >= 0.6 is 11.8 Å². The maximum absolute atomic E-state index is 4.44. The molecule has 0 unspecified atom stereocenters. The Hall–Kier alpha value is -0.280. The average molecular weight is 182 g/mol. The van der Waals surface area contributed by atoms with Crippen LogP contribution in [-0.2, 0) is 0 Å². The number of thioether (sulfide) groups is 1. The van der Waals surface area contributed by atoms with E-state index in [1.807, 2.05) is 11.8 Å². The molecule has 0 spiro atoms. The third-order valence-corrected chi connectivity index (χ3v) is 3.46. The summed E-state index contributed by atoms with van der Waals surface area (Å²) in [7, 11) is 2.19. The van der Waals surface area contributed by atoms with Crippen molar-refractivity contribution < 1.29 is 0 Å². The molecule has 3 heteroatoms. The summed E-state index contributed by atoms with van der Waals surface area (Å²) in [6.07, 6.45) is 1.22. The van der Waals surface area contributed by atoms with Crippen LogP contribution in [-0.4, -0.2) is 36.6 Å². The Morgan fingerprint density at radius 3 is 3.17 bits per heavy atom. The Bertz CT molecular complexity index is 255. The molecule has 0 N–H and O–H groups in total. The standard InChI is InChI=1S/C9H14N2S/c1-7-10-5-8-3-4-11(2)6-9(8)12-7/h3-6H2,1-2H3. The quantitative estimate of drug-likeness (QED) is 0.567. The molecule has 0 aromatic heterocycles. The van der Waals surface area contributed by atoms with Gasteiger partial charge in [-0.1, -0.05) is 11.8 Å². The minimum Gasteiger partial charge on any atom is -0.301 e. The first-order chi connectivity index (χ1) is 5.75. The molecule has 2 heterocycles. The lowest BCUT2D eigenvalue weighted by Gasteiger charge is -2.28. The van der Waals surface area contributed by atoms with Gasteiger partial charge >= 0.3 is 0 Å². The molecule has 0 radical (unpaired) electrons. The predicted octanol–water partition coefficient (Wildman–Crippen LogP) is 1.74. The second-order valence-corrected chi connectivity index (χ2v) is 4.74. The minimum atomic E-state index is 0.960. The summed E-state index contributed by atoms with van der Waals surface area (Å²) in [6.45, 7) is 5.39. The van der Waals surface area contributed by atoms with Crippen molar-refractivity contribution in [3.8, 4) is 0 Å². The summed E-state index contributed by atoms with van der Waals surface area (Å²) in [4.78, 5) is 8.37. The monoisotopic (exact) mass is 182 g/mol. The number of hydrogen-bond acceptors (Lipinski definition) is 3. The summed E-state index contributed by atoms with van der Waals surface area (Å²) in [5.74, 6) is 0. The lowest BCUT2D eigenvalue weighted by atomic mass is 10.1. The van der Waals surface area contributed by atoms with E-state index in [2.05, 4.69) is 23.9 Å². The fourth-order valence-electron chi connectivity index (χ4n) is 1.59. The first kappa shape index (κ1) is 8.32. The molecule has 0 amide bonds. The molecule has 0 fully saturated rings. The fraction of sp³-hybridized carbons (Fsp3) is 0.667. The van der Waals surface area contributed by atoms with Crippen LogP contribution in [0.4, 0.5) is 0 Å². The topological polar surface area (TPSA) is 15.6 Å². The van der Waals surface area contributed by atoms with Gasteiger partial charge in [0.1, 0.15) is 0 Å². The summed E-state index contributed by atoms with van der Waals surface area (Å²) < 4.78 is 0. The zero-order valence-electron chi connectivity index (χ0n) is 7.63. The summed E-state index contributed by atoms with van der Waals surface area (Å²) in [5, 5.41) is 1.23. The van der Waals surface area contributed by atoms with Crippen LogP contribution in [0.3, 0.4) is 0 Å². The number of rotatable bonds is 0. The smallest absolute Gasteiger partial charge is 0.0693 e. The molecule has 0 aromatic rings. The van der Waals surface area contributed by atoms with Crippen molar-refractivity contribution in [3.05, 3.63) is 10.5 Å². The van der Waals surface area contributed by atoms with Crippen molar-refractivity contribution in [2.75, 3.05) is 26.7 Å². The highest BCUT2D eigenvalue weighted by Gasteiger charge is 2.19. The van der Waals surface area contributed by atoms with E-state index in [1.54, 1.807) is 10.5 Å². The van der Waals surface area contributed by atoms with Crippen molar-refractivity contribution >= 4 is 16.8 Å². The van der Waals surface area contributed by atoms with Gasteiger partial charge in [0.2, 0.25) is 0 Å². The van der Waals surface area contributed by atoms with Gasteiger partial charge in [-0.05, 0) is 26.0 Å². The Morgan fingerprint density at radius 1 is 1.50 bits per heavy atom. The molecule has 0 aliphatic carbocycles. The molecule has 2 rings (SSSR count). The third-order valence-electron chi connectivity index (χ3n) is 2.37. The highest BCUT2D eigenvalue weighted by atomic mass is 32.2. The minimum absolute atomic E-state index is 0.960. The highest BCUT2D eigenvalue weighted by Crippen LogP contribution is 2.31. The van der Waals surface area contributed by atoms with Gasteiger partial charge < -0.3 is 4.90 Å². The van der Waals surface area contributed by atoms with Gasteiger partial charge in [-0.25, -0.2) is 0 Å². The van der Waals surface area contributed by atoms with Crippen LogP contribution in [0.2, 0.25) is 0 Å². The zero-order valence-corrected chi connectivity index (χ0v) is 8.45. The van der Waals surface area contributed by atoms with E-state index in [-0.39, 0.29) is 0 Å². The van der Waals surface area contributed by atoms with Crippen LogP contribution in [0, 0.1) is 0 Å². The molecule has 0 saturated heterocycles. The summed E-state index contributed by atoms with van der Waals surface area (Å²) >= 11 is 1.86. The highest BCUT2D eigenvalue weighted by molar-refractivity contribution is 8.17. The van der Waals surface area contributed by atoms with Crippen molar-refractivity contribution in [3.63, 3.8) is 0 Å². The molecule has 66 valence electrons. The van der Waals surface area contributed by atoms with Crippen LogP contribution < -0.4 is 0 Å². The first-order valence-corrected chi connectivity index (χ1v) is 5.15. The first-order valence-electron chi connectivity index (χ1n) is 4.34. The van der Waals surface area contributed by atoms with Crippen molar-refractivity contribution in [1.82, 2.24) is 4.90 Å². The number of nitrogens with zero attached hydrogens (tertiary/aromatic N) is 2. The molecular weight excluding hydrogens is 168 g/mol. The molecule has 0 atom stereocenters. The van der Waals surface area contributed by atoms with Crippen molar-refractivity contribution in [2.45, 2.75) is 13.3 Å². The SMILES string of the molecule is CC1=NCC2=C(CN(C)CC2)S1. The Labute approximate surface area is 77.7 Å². The van der Waals surface area contributed by atoms with Gasteiger partial charge in [0, 0.05) is 18.0 Å². The molecular formula is C9H14N2S. The maximum Gasteiger partial charge on any atom is 0.0693 e. The average Bonchev–Trinajstić information content (AvgIpc) is 2.03. The van der Waals surface area contributed by atoms with Crippen molar-refractivity contribution in [2.24, 2.45) is 4.99 Å². The van der Waals surface area contributed by atoms with E-state index in [1.165, 1.54) is 18.0 Å². The van der Waals surface area contributed by atoms with Gasteiger partial charge in [-0.3, -0.25) is 4.99 Å². The van der Waals surface area contributed by atoms with Gasteiger partial charge in [0.15, 0.2) is 0 Å². The molecule has 2 aliphatic heterocycles. The van der Waals surface area contributed by atoms with E-state index in [0.29, 0.717) is 0 Å². The lowest BCUT2D eigenvalue weighted by Crippen LogP contribution is -2.29. The van der Waals surface area contributed by atoms with Gasteiger partial charge in [-0.15, -0.1) is 0 Å². The van der Waals surface area contributed by atoms with E-state index < -0.39 is 0 Å². The van der Waals surface area contributed by atoms with Gasteiger partial charge in [0.25, 0.3) is 0 Å². The number of likely N-dealkylation sites (N-methyl/N-ethyl adjacent to an activating group) is 1. The molecule has 12 heavy (non-hydrogen) atoms. The number of hydrogen-bond donors (Lipinski definition) is 0. The molecule has 2 aliphatic rings. The Kier molecular flexibility index (Phi) is 2.24. The molecule has 0 aromatic carbocycles. The van der Waals surface area contributed by atoms with Crippen LogP contribution in [0.1, 0.15) is 13.3 Å². The van der Waals surface area contributed by atoms with E-state index in [9.17, 15) is 0 Å². The van der Waals surface area contributed by atoms with Crippen LogP contribution in [0.25, 0.3) is 0 Å². The Morgan fingerprint density at radius 2 is 2.33 bits per heavy atom. The Balaban J connectivity index is 2.14. The fourth-order valence-corrected chi connectivity index (χ4v) is 2.67. The van der Waals surface area contributed by atoms with E-state index in [4.69, 9.17) is 0 Å². The van der Waals surface area contributed by atoms with Gasteiger partial charge in [0.05, 0.1) is 11.6 Å². The van der Waals surface area contributed by atoms with Crippen LogP contribution in [0.15, 0.2) is 15.5 Å². The predicted molar refractivity (Wildman–Crippen MR) is 54.7 cm³/mol. The summed E-state index contributed by atoms with van der Waals surface area (Å²) in [5.41, 5.74) is 1.57. The number of aliphatic imine (C=N–C) groups is 1. The lowest BCUT2D eigenvalue weighted by molar-refractivity contribution is 0.355. The third kappa shape index (κ3) is 1.57. The van der Waals surface area contributed by atoms with Crippen LogP contribution in [0.5, 0.6) is 0 Å². The summed E-state index contributed by atoms with van der Waals surface area (Å²) in [6, 6.07) is 0. The normalized spacial score (nSPS) is 25.3. The molecule has 0 bridgehead atoms. The second kappa shape index (κ2) is 3.23. The molecule has 0 saturated carbocycles. The second-order valence-electron chi connectivity index (χ2n) is 3.45. The van der Waals surface area contributed by atoms with E-state index >= 15 is 0 Å². The zero-order chi connectivity index (χ0) is 8.55.